The molecule has 4 nitrogen and oxygen atoms in total. The molecule has 0 N–H and O–H groups in total. The van der Waals surface area contributed by atoms with Crippen LogP contribution in [0.1, 0.15) is 13.8 Å². The fourth-order valence-electron chi connectivity index (χ4n) is 10.8. The minimum atomic E-state index is 0.844. The molecule has 14 rings (SSSR count). The topological polar surface area (TPSA) is 32.8 Å². The van der Waals surface area contributed by atoms with Gasteiger partial charge in [0.2, 0.25) is 0 Å². The standard InChI is InChI=1S/C64H40N2O2.C2H6/c1-5-17-41(18-6-1)47-25-13-27-49-51-29-15-31-57(63(51)67-61(47)49)65(45-21-9-3-10-22-45)55-39-35-43-34-38-54-56(40-36-44-33-37-53(55)59(43)60(44)54)66(46-23-11-4-12-24-46)58-32-16-30-52-50-28-14-26-48(62(50)68-64(52)58)42-19-7-2-8-20-42;1-2/h1-40H;1-2H3. The second kappa shape index (κ2) is 16.9. The predicted octanol–water partition coefficient (Wildman–Crippen LogP) is 19.7. The molecule has 0 saturated carbocycles. The van der Waals surface area contributed by atoms with Gasteiger partial charge in [-0.15, -0.1) is 0 Å². The highest BCUT2D eigenvalue weighted by Crippen LogP contribution is 2.51. The van der Waals surface area contributed by atoms with E-state index >= 15 is 0 Å². The Kier molecular flexibility index (Phi) is 9.91. The summed E-state index contributed by atoms with van der Waals surface area (Å²) in [6.07, 6.45) is 0. The zero-order chi connectivity index (χ0) is 46.7. The fraction of sp³-hybridized carbons (Fsp3) is 0.0303. The monoisotopic (exact) mass is 898 g/mol. The fourth-order valence-corrected chi connectivity index (χ4v) is 10.8. The highest BCUT2D eigenvalue weighted by molar-refractivity contribution is 6.29. The van der Waals surface area contributed by atoms with E-state index in [9.17, 15) is 0 Å². The van der Waals surface area contributed by atoms with E-state index in [-0.39, 0.29) is 0 Å². The van der Waals surface area contributed by atoms with Crippen LogP contribution in [0.3, 0.4) is 0 Å². The third kappa shape index (κ3) is 6.45. The van der Waals surface area contributed by atoms with Crippen molar-refractivity contribution in [2.24, 2.45) is 0 Å². The number of fused-ring (bicyclic) bond motifs is 6. The van der Waals surface area contributed by atoms with Crippen molar-refractivity contribution < 1.29 is 8.83 Å². The molecule has 0 radical (unpaired) electrons. The molecule has 0 fully saturated rings. The third-order valence-electron chi connectivity index (χ3n) is 13.8. The van der Waals surface area contributed by atoms with Gasteiger partial charge in [-0.25, -0.2) is 0 Å². The molecule has 0 aliphatic carbocycles. The molecule has 0 saturated heterocycles. The van der Waals surface area contributed by atoms with Crippen molar-refractivity contribution in [1.29, 1.82) is 0 Å². The Morgan fingerprint density at radius 1 is 0.257 bits per heavy atom. The summed E-state index contributed by atoms with van der Waals surface area (Å²) in [7, 11) is 0. The van der Waals surface area contributed by atoms with E-state index in [1.165, 1.54) is 21.5 Å². The summed E-state index contributed by atoms with van der Waals surface area (Å²) in [5.74, 6) is 0. The lowest BCUT2D eigenvalue weighted by Gasteiger charge is -2.29. The van der Waals surface area contributed by atoms with Gasteiger partial charge in [-0.1, -0.05) is 208 Å². The van der Waals surface area contributed by atoms with Gasteiger partial charge in [0.1, 0.15) is 11.2 Å². The largest absolute Gasteiger partial charge is 0.453 e. The zero-order valence-corrected chi connectivity index (χ0v) is 38.8. The van der Waals surface area contributed by atoms with E-state index in [1.54, 1.807) is 0 Å². The molecule has 12 aromatic carbocycles. The summed E-state index contributed by atoms with van der Waals surface area (Å²) in [6.45, 7) is 4.00. The molecule has 70 heavy (non-hydrogen) atoms. The minimum absolute atomic E-state index is 0.844. The minimum Gasteiger partial charge on any atom is -0.453 e. The first-order chi connectivity index (χ1) is 34.8. The second-order valence-electron chi connectivity index (χ2n) is 17.5. The lowest BCUT2D eigenvalue weighted by atomic mass is 9.91. The Hall–Kier alpha value is -9.12. The first-order valence-electron chi connectivity index (χ1n) is 24.2. The maximum atomic E-state index is 7.07. The van der Waals surface area contributed by atoms with E-state index < -0.39 is 0 Å². The first kappa shape index (κ1) is 41.1. The van der Waals surface area contributed by atoms with E-state index in [0.29, 0.717) is 0 Å². The summed E-state index contributed by atoms with van der Waals surface area (Å²) in [5, 5.41) is 11.4. The van der Waals surface area contributed by atoms with Gasteiger partial charge in [0.15, 0.2) is 11.2 Å². The molecule has 0 aliphatic rings. The summed E-state index contributed by atoms with van der Waals surface area (Å²) >= 11 is 0. The number of benzene rings is 12. The zero-order valence-electron chi connectivity index (χ0n) is 38.8. The SMILES string of the molecule is CC.c1ccc(-c2cccc3c2oc2c(N(c4ccccc4)c4ccc5ccc6c(N(c7ccccc7)c7cccc8c7oc7c(-c9ccccc9)cccc78)ccc7ccc4c5c76)cccc23)cc1. The Morgan fingerprint density at radius 3 is 1.00 bits per heavy atom. The average molecular weight is 899 g/mol. The Labute approximate surface area is 405 Å². The molecular formula is C66H46N2O2. The summed E-state index contributed by atoms with van der Waals surface area (Å²) in [6, 6.07) is 86.6. The smallest absolute Gasteiger partial charge is 0.159 e. The van der Waals surface area contributed by atoms with Crippen LogP contribution in [0, 0.1) is 0 Å². The number of furan rings is 2. The van der Waals surface area contributed by atoms with Gasteiger partial charge in [-0.2, -0.15) is 0 Å². The number of rotatable bonds is 8. The first-order valence-corrected chi connectivity index (χ1v) is 24.2. The van der Waals surface area contributed by atoms with Crippen molar-refractivity contribution in [1.82, 2.24) is 0 Å². The molecule has 0 unspecified atom stereocenters. The highest BCUT2D eigenvalue weighted by atomic mass is 16.3. The number of para-hydroxylation sites is 6. The molecule has 4 heteroatoms. The molecule has 0 spiro atoms. The van der Waals surface area contributed by atoms with Crippen molar-refractivity contribution in [3.8, 4) is 22.3 Å². The summed E-state index contributed by atoms with van der Waals surface area (Å²) in [5.41, 5.74) is 14.0. The van der Waals surface area contributed by atoms with Crippen LogP contribution < -0.4 is 9.80 Å². The molecule has 2 aromatic heterocycles. The predicted molar refractivity (Wildman–Crippen MR) is 296 cm³/mol. The quantitative estimate of drug-likeness (QED) is 0.142. The second-order valence-corrected chi connectivity index (χ2v) is 17.5. The Bertz CT molecular complexity index is 3920. The number of hydrogen-bond acceptors (Lipinski definition) is 4. The van der Waals surface area contributed by atoms with Crippen molar-refractivity contribution in [2.75, 3.05) is 9.80 Å². The van der Waals surface area contributed by atoms with Gasteiger partial charge in [0.05, 0.1) is 22.7 Å². The van der Waals surface area contributed by atoms with Gasteiger partial charge in [0, 0.05) is 54.8 Å². The van der Waals surface area contributed by atoms with E-state index in [0.717, 1.165) is 111 Å². The summed E-state index contributed by atoms with van der Waals surface area (Å²) in [4.78, 5) is 4.75. The van der Waals surface area contributed by atoms with Crippen molar-refractivity contribution in [3.63, 3.8) is 0 Å². The Balaban J connectivity index is 0.00000237. The van der Waals surface area contributed by atoms with Crippen molar-refractivity contribution >= 4 is 110 Å². The summed E-state index contributed by atoms with van der Waals surface area (Å²) < 4.78 is 14.1. The number of anilines is 6. The van der Waals surface area contributed by atoms with Crippen LogP contribution in [-0.4, -0.2) is 0 Å². The molecule has 0 amide bonds. The van der Waals surface area contributed by atoms with Gasteiger partial charge in [0.25, 0.3) is 0 Å². The average Bonchev–Trinajstić information content (AvgIpc) is 4.03. The highest BCUT2D eigenvalue weighted by Gasteiger charge is 2.26. The van der Waals surface area contributed by atoms with Crippen LogP contribution >= 0.6 is 0 Å². The molecule has 0 atom stereocenters. The van der Waals surface area contributed by atoms with Gasteiger partial charge in [-0.05, 0) is 81.2 Å². The van der Waals surface area contributed by atoms with Crippen LogP contribution in [0.2, 0.25) is 0 Å². The molecular weight excluding hydrogens is 853 g/mol. The van der Waals surface area contributed by atoms with E-state index in [2.05, 4.69) is 252 Å². The lowest BCUT2D eigenvalue weighted by Crippen LogP contribution is -2.11. The van der Waals surface area contributed by atoms with Crippen LogP contribution in [0.25, 0.3) is 98.4 Å². The molecule has 0 aliphatic heterocycles. The molecule has 14 aromatic rings. The van der Waals surface area contributed by atoms with Crippen LogP contribution in [0.4, 0.5) is 34.1 Å². The van der Waals surface area contributed by atoms with Crippen LogP contribution in [-0.2, 0) is 0 Å². The maximum absolute atomic E-state index is 7.07. The van der Waals surface area contributed by atoms with Gasteiger partial charge >= 0.3 is 0 Å². The molecule has 332 valence electrons. The Morgan fingerprint density at radius 2 is 0.600 bits per heavy atom. The van der Waals surface area contributed by atoms with Crippen LogP contribution in [0.5, 0.6) is 0 Å². The van der Waals surface area contributed by atoms with Crippen molar-refractivity contribution in [2.45, 2.75) is 13.8 Å². The van der Waals surface area contributed by atoms with Gasteiger partial charge < -0.3 is 18.6 Å². The van der Waals surface area contributed by atoms with E-state index in [1.807, 2.05) is 13.8 Å². The lowest BCUT2D eigenvalue weighted by molar-refractivity contribution is 0.670. The van der Waals surface area contributed by atoms with Crippen LogP contribution in [0.15, 0.2) is 251 Å². The maximum Gasteiger partial charge on any atom is 0.159 e. The van der Waals surface area contributed by atoms with Gasteiger partial charge in [-0.3, -0.25) is 0 Å². The van der Waals surface area contributed by atoms with Crippen molar-refractivity contribution in [3.05, 3.63) is 243 Å². The molecule has 2 heterocycles. The normalized spacial score (nSPS) is 11.6. The number of hydrogen-bond donors (Lipinski definition) is 0. The third-order valence-corrected chi connectivity index (χ3v) is 13.8. The molecule has 0 bridgehead atoms. The number of nitrogens with zero attached hydrogens (tertiary/aromatic N) is 2. The van der Waals surface area contributed by atoms with E-state index in [4.69, 9.17) is 8.83 Å².